The number of nitriles is 1. The van der Waals surface area contributed by atoms with Crippen molar-refractivity contribution in [2.24, 2.45) is 0 Å². The maximum Gasteiger partial charge on any atom is 0.410 e. The van der Waals surface area contributed by atoms with Crippen molar-refractivity contribution in [2.45, 2.75) is 56.1 Å². The molecular formula is C28H30F2N8O4S. The smallest absolute Gasteiger partial charge is 0.410 e. The summed E-state index contributed by atoms with van der Waals surface area (Å²) < 4.78 is 40.2. The second-order valence-electron chi connectivity index (χ2n) is 11.0. The Bertz CT molecular complexity index is 1670. The van der Waals surface area contributed by atoms with Gasteiger partial charge in [0.25, 0.3) is 0 Å². The summed E-state index contributed by atoms with van der Waals surface area (Å²) in [6.07, 6.45) is 6.29. The molecule has 2 N–H and O–H groups in total. The fraction of sp³-hybridized carbons (Fsp3) is 0.393. The van der Waals surface area contributed by atoms with E-state index in [9.17, 15) is 23.9 Å². The fourth-order valence-corrected chi connectivity index (χ4v) is 5.25. The number of amides is 1. The predicted octanol–water partition coefficient (Wildman–Crippen LogP) is 4.88. The quantitative estimate of drug-likeness (QED) is 0.198. The van der Waals surface area contributed by atoms with E-state index in [2.05, 4.69) is 21.5 Å². The van der Waals surface area contributed by atoms with Crippen LogP contribution in [0, 0.1) is 11.3 Å². The number of nitrogens with zero attached hydrogens (tertiary/aromatic N) is 7. The second-order valence-corrected chi connectivity index (χ2v) is 11.9. The third kappa shape index (κ3) is 6.20. The normalized spacial score (nSPS) is 15.2. The number of carbonyl (C=O) groups excluding carboxylic acids is 1. The van der Waals surface area contributed by atoms with Crippen molar-refractivity contribution in [3.8, 4) is 23.1 Å². The number of halogens is 2. The molecule has 43 heavy (non-hydrogen) atoms. The van der Waals surface area contributed by atoms with Crippen LogP contribution in [0.25, 0.3) is 16.9 Å². The van der Waals surface area contributed by atoms with Gasteiger partial charge in [0.05, 0.1) is 43.0 Å². The van der Waals surface area contributed by atoms with Gasteiger partial charge < -0.3 is 24.8 Å². The first-order chi connectivity index (χ1) is 20.4. The molecule has 4 heterocycles. The number of hydrogen-bond acceptors (Lipinski definition) is 10. The number of aliphatic hydroxyl groups excluding tert-OH is 1. The minimum absolute atomic E-state index is 0.00137. The number of ether oxygens (including phenoxy) is 2. The molecule has 1 fully saturated rings. The van der Waals surface area contributed by atoms with Gasteiger partial charge >= 0.3 is 12.7 Å². The number of rotatable bonds is 9. The topological polar surface area (TPSA) is 143 Å². The SMILES string of the molecule is CSc1ccc(OC(F)F)c(-c2nn(C3(CC#N)CN(C(=O)OC(C)(C)C)C3)cc2NC(O)c2cnn3cccnc23)c1. The van der Waals surface area contributed by atoms with Crippen molar-refractivity contribution in [1.82, 2.24) is 29.3 Å². The van der Waals surface area contributed by atoms with Gasteiger partial charge in [-0.05, 0) is 51.3 Å². The number of fused-ring (bicyclic) bond motifs is 1. The first kappa shape index (κ1) is 30.1. The lowest BCUT2D eigenvalue weighted by Gasteiger charge is -2.48. The fourth-order valence-electron chi connectivity index (χ4n) is 4.81. The van der Waals surface area contributed by atoms with Crippen molar-refractivity contribution in [1.29, 1.82) is 5.26 Å². The number of aliphatic hydroxyl groups is 1. The monoisotopic (exact) mass is 612 g/mol. The molecular weight excluding hydrogens is 582 g/mol. The van der Waals surface area contributed by atoms with E-state index in [1.165, 1.54) is 38.1 Å². The molecule has 4 aromatic rings. The number of thioether (sulfide) groups is 1. The van der Waals surface area contributed by atoms with Crippen molar-refractivity contribution in [3.63, 3.8) is 0 Å². The van der Waals surface area contributed by atoms with Gasteiger partial charge in [-0.3, -0.25) is 4.68 Å². The van der Waals surface area contributed by atoms with E-state index in [0.717, 1.165) is 4.90 Å². The van der Waals surface area contributed by atoms with Crippen molar-refractivity contribution < 1.29 is 28.2 Å². The van der Waals surface area contributed by atoms with Crippen molar-refractivity contribution in [3.05, 3.63) is 54.6 Å². The van der Waals surface area contributed by atoms with Gasteiger partial charge in [0.1, 0.15) is 22.6 Å². The number of likely N-dealkylation sites (tertiary alicyclic amines) is 1. The Morgan fingerprint density at radius 2 is 2.09 bits per heavy atom. The summed E-state index contributed by atoms with van der Waals surface area (Å²) in [5.41, 5.74) is -0.140. The van der Waals surface area contributed by atoms with Crippen LogP contribution in [-0.2, 0) is 10.3 Å². The summed E-state index contributed by atoms with van der Waals surface area (Å²) in [6, 6.07) is 8.61. The highest BCUT2D eigenvalue weighted by molar-refractivity contribution is 7.98. The third-order valence-corrected chi connectivity index (χ3v) is 7.51. The number of nitrogens with one attached hydrogen (secondary N) is 1. The molecule has 1 atom stereocenters. The standard InChI is InChI=1S/C28H30F2N8O4S/c1-27(2,3)42-26(40)36-15-28(16-36,8-9-31)38-14-20(34-24(39)19-13-33-37-11-5-10-32-23(19)37)22(35-38)18-12-17(43-4)6-7-21(18)41-25(29)30/h5-7,10-14,24-25,34,39H,8,15-16H2,1-4H3. The maximum absolute atomic E-state index is 13.4. The summed E-state index contributed by atoms with van der Waals surface area (Å²) in [7, 11) is 0. The zero-order valence-corrected chi connectivity index (χ0v) is 24.7. The minimum Gasteiger partial charge on any atom is -0.444 e. The molecule has 12 nitrogen and oxygen atoms in total. The van der Waals surface area contributed by atoms with Gasteiger partial charge in [-0.2, -0.15) is 24.2 Å². The van der Waals surface area contributed by atoms with Gasteiger partial charge in [-0.1, -0.05) is 0 Å². The molecule has 1 aromatic carbocycles. The molecule has 1 amide bonds. The Morgan fingerprint density at radius 3 is 2.77 bits per heavy atom. The van der Waals surface area contributed by atoms with Crippen molar-refractivity contribution >= 4 is 29.2 Å². The number of aromatic nitrogens is 5. The van der Waals surface area contributed by atoms with E-state index in [0.29, 0.717) is 11.2 Å². The van der Waals surface area contributed by atoms with Crippen LogP contribution in [0.15, 0.2) is 53.9 Å². The lowest BCUT2D eigenvalue weighted by molar-refractivity contribution is -0.0495. The zero-order valence-electron chi connectivity index (χ0n) is 23.9. The van der Waals surface area contributed by atoms with Crippen LogP contribution in [0.2, 0.25) is 0 Å². The number of alkyl halides is 2. The highest BCUT2D eigenvalue weighted by Crippen LogP contribution is 2.41. The molecule has 15 heteroatoms. The Hall–Kier alpha value is -4.42. The van der Waals surface area contributed by atoms with E-state index in [1.54, 1.807) is 57.6 Å². The van der Waals surface area contributed by atoms with Gasteiger partial charge in [-0.15, -0.1) is 11.8 Å². The highest BCUT2D eigenvalue weighted by Gasteiger charge is 2.49. The van der Waals surface area contributed by atoms with Gasteiger partial charge in [0.15, 0.2) is 11.9 Å². The Labute approximate surface area is 250 Å². The second kappa shape index (κ2) is 11.7. The lowest BCUT2D eigenvalue weighted by Crippen LogP contribution is -2.64. The molecule has 1 aliphatic heterocycles. The molecule has 226 valence electrons. The largest absolute Gasteiger partial charge is 0.444 e. The number of carbonyl (C=O) groups is 1. The average Bonchev–Trinajstić information content (AvgIpc) is 3.54. The molecule has 0 radical (unpaired) electrons. The van der Waals surface area contributed by atoms with Crippen LogP contribution in [0.5, 0.6) is 5.75 Å². The summed E-state index contributed by atoms with van der Waals surface area (Å²) in [5.74, 6) is -0.119. The molecule has 5 rings (SSSR count). The van der Waals surface area contributed by atoms with E-state index in [-0.39, 0.29) is 42.2 Å². The highest BCUT2D eigenvalue weighted by atomic mass is 32.2. The zero-order chi connectivity index (χ0) is 30.9. The molecule has 1 aliphatic rings. The maximum atomic E-state index is 13.4. The summed E-state index contributed by atoms with van der Waals surface area (Å²) in [5, 5.41) is 32.9. The molecule has 0 bridgehead atoms. The van der Waals surface area contributed by atoms with Crippen LogP contribution in [0.1, 0.15) is 39.0 Å². The summed E-state index contributed by atoms with van der Waals surface area (Å²) >= 11 is 1.40. The van der Waals surface area contributed by atoms with E-state index in [4.69, 9.17) is 14.6 Å². The molecule has 1 saturated heterocycles. The first-order valence-electron chi connectivity index (χ1n) is 13.2. The minimum atomic E-state index is -3.09. The Morgan fingerprint density at radius 1 is 1.33 bits per heavy atom. The molecule has 0 saturated carbocycles. The van der Waals surface area contributed by atoms with Crippen molar-refractivity contribution in [2.75, 3.05) is 24.7 Å². The lowest BCUT2D eigenvalue weighted by atomic mass is 9.87. The Balaban J connectivity index is 1.57. The van der Waals surface area contributed by atoms with E-state index < -0.39 is 30.1 Å². The first-order valence-corrected chi connectivity index (χ1v) is 14.5. The average molecular weight is 613 g/mol. The predicted molar refractivity (Wildman–Crippen MR) is 154 cm³/mol. The van der Waals surface area contributed by atoms with Gasteiger partial charge in [-0.25, -0.2) is 14.3 Å². The van der Waals surface area contributed by atoms with Crippen LogP contribution < -0.4 is 10.1 Å². The summed E-state index contributed by atoms with van der Waals surface area (Å²) in [6.45, 7) is 2.45. The molecule has 0 spiro atoms. The summed E-state index contributed by atoms with van der Waals surface area (Å²) in [4.78, 5) is 19.2. The van der Waals surface area contributed by atoms with Gasteiger partial charge in [0.2, 0.25) is 0 Å². The Kier molecular flexibility index (Phi) is 8.17. The third-order valence-electron chi connectivity index (χ3n) is 6.78. The number of anilines is 1. The van der Waals surface area contributed by atoms with Crippen LogP contribution in [0.4, 0.5) is 19.3 Å². The van der Waals surface area contributed by atoms with E-state index >= 15 is 0 Å². The van der Waals surface area contributed by atoms with Crippen LogP contribution >= 0.6 is 11.8 Å². The number of benzene rings is 1. The van der Waals surface area contributed by atoms with E-state index in [1.807, 2.05) is 6.26 Å². The van der Waals surface area contributed by atoms with Gasteiger partial charge in [0, 0.05) is 29.0 Å². The molecule has 1 unspecified atom stereocenters. The molecule has 0 aliphatic carbocycles. The van der Waals surface area contributed by atoms with Crippen LogP contribution in [-0.4, -0.2) is 72.0 Å². The number of hydrogen-bond donors (Lipinski definition) is 2. The van der Waals surface area contributed by atoms with Crippen LogP contribution in [0.3, 0.4) is 0 Å². The molecule has 3 aromatic heterocycles.